The van der Waals surface area contributed by atoms with Crippen LogP contribution in [-0.4, -0.2) is 51.1 Å². The smallest absolute Gasteiger partial charge is 0.340 e. The highest BCUT2D eigenvalue weighted by Gasteiger charge is 2.26. The van der Waals surface area contributed by atoms with E-state index in [-0.39, 0.29) is 41.8 Å². The lowest BCUT2D eigenvalue weighted by molar-refractivity contribution is -0.122. The number of hydrogen-bond donors (Lipinski definition) is 2. The van der Waals surface area contributed by atoms with Crippen molar-refractivity contribution < 1.29 is 33.4 Å². The zero-order chi connectivity index (χ0) is 26.1. The molecular weight excluding hydrogens is 466 g/mol. The lowest BCUT2D eigenvalue weighted by atomic mass is 10.1. The summed E-state index contributed by atoms with van der Waals surface area (Å²) < 4.78 is 15.9. The number of hydrogen-bond acceptors (Lipinski definition) is 7. The Labute approximate surface area is 209 Å². The summed E-state index contributed by atoms with van der Waals surface area (Å²) in [6, 6.07) is 11.6. The van der Waals surface area contributed by atoms with Gasteiger partial charge in [0.1, 0.15) is 0 Å². The van der Waals surface area contributed by atoms with Crippen LogP contribution in [0.4, 0.5) is 11.4 Å². The molecule has 10 nitrogen and oxygen atoms in total. The Hall–Kier alpha value is -4.08. The van der Waals surface area contributed by atoms with Gasteiger partial charge >= 0.3 is 5.97 Å². The van der Waals surface area contributed by atoms with Crippen LogP contribution in [0.15, 0.2) is 42.5 Å². The van der Waals surface area contributed by atoms with Gasteiger partial charge in [-0.2, -0.15) is 0 Å². The van der Waals surface area contributed by atoms with Gasteiger partial charge in [-0.15, -0.1) is 0 Å². The number of ether oxygens (including phenoxy) is 3. The fourth-order valence-electron chi connectivity index (χ4n) is 4.08. The van der Waals surface area contributed by atoms with Crippen LogP contribution in [0.25, 0.3) is 0 Å². The minimum Gasteiger partial charge on any atom is -0.493 e. The van der Waals surface area contributed by atoms with Gasteiger partial charge in [0.15, 0.2) is 18.1 Å². The predicted molar refractivity (Wildman–Crippen MR) is 133 cm³/mol. The van der Waals surface area contributed by atoms with Crippen molar-refractivity contribution >= 4 is 35.1 Å². The van der Waals surface area contributed by atoms with Gasteiger partial charge in [0, 0.05) is 36.7 Å². The predicted octanol–water partition coefficient (Wildman–Crippen LogP) is 2.90. The molecule has 0 aliphatic heterocycles. The van der Waals surface area contributed by atoms with Crippen molar-refractivity contribution in [1.82, 2.24) is 0 Å². The Morgan fingerprint density at radius 3 is 2.25 bits per heavy atom. The van der Waals surface area contributed by atoms with Crippen LogP contribution in [0.1, 0.15) is 42.5 Å². The normalized spacial score (nSPS) is 13.1. The largest absolute Gasteiger partial charge is 0.493 e. The van der Waals surface area contributed by atoms with Gasteiger partial charge in [-0.3, -0.25) is 14.4 Å². The van der Waals surface area contributed by atoms with E-state index in [0.717, 1.165) is 25.7 Å². The second-order valence-corrected chi connectivity index (χ2v) is 8.40. The van der Waals surface area contributed by atoms with E-state index in [2.05, 4.69) is 5.32 Å². The topological polar surface area (TPSA) is 137 Å². The SMILES string of the molecule is COc1cc(NC(=O)C2CCCC2)c(C(=O)OCC(=O)N(CCC(N)=O)c2ccccc2)cc1OC. The third-order valence-electron chi connectivity index (χ3n) is 6.00. The molecule has 0 heterocycles. The number of primary amides is 1. The highest BCUT2D eigenvalue weighted by molar-refractivity contribution is 6.04. The lowest BCUT2D eigenvalue weighted by Gasteiger charge is -2.22. The van der Waals surface area contributed by atoms with E-state index in [1.54, 1.807) is 30.3 Å². The molecule has 3 N–H and O–H groups in total. The number of nitrogens with one attached hydrogen (secondary N) is 1. The number of para-hydroxylation sites is 1. The molecule has 1 fully saturated rings. The summed E-state index contributed by atoms with van der Waals surface area (Å²) >= 11 is 0. The average molecular weight is 498 g/mol. The van der Waals surface area contributed by atoms with Gasteiger partial charge in [0.25, 0.3) is 5.91 Å². The van der Waals surface area contributed by atoms with Crippen LogP contribution in [0, 0.1) is 5.92 Å². The quantitative estimate of drug-likeness (QED) is 0.455. The minimum atomic E-state index is -0.825. The summed E-state index contributed by atoms with van der Waals surface area (Å²) in [4.78, 5) is 51.3. The summed E-state index contributed by atoms with van der Waals surface area (Å²) in [5, 5.41) is 2.81. The molecule has 0 saturated heterocycles. The number of nitrogens with zero attached hydrogens (tertiary/aromatic N) is 1. The van der Waals surface area contributed by atoms with Crippen LogP contribution < -0.4 is 25.4 Å². The van der Waals surface area contributed by atoms with E-state index >= 15 is 0 Å². The number of amides is 3. The van der Waals surface area contributed by atoms with E-state index in [1.165, 1.54) is 31.3 Å². The Balaban J connectivity index is 1.79. The number of anilines is 2. The molecule has 3 amide bonds. The third-order valence-corrected chi connectivity index (χ3v) is 6.00. The molecule has 36 heavy (non-hydrogen) atoms. The van der Waals surface area contributed by atoms with Gasteiger partial charge in [-0.25, -0.2) is 4.79 Å². The third kappa shape index (κ3) is 6.74. The molecule has 1 saturated carbocycles. The minimum absolute atomic E-state index is 0.0233. The molecule has 0 unspecified atom stereocenters. The van der Waals surface area contributed by atoms with Crippen molar-refractivity contribution in [3.05, 3.63) is 48.0 Å². The van der Waals surface area contributed by atoms with E-state index in [1.807, 2.05) is 0 Å². The number of nitrogens with two attached hydrogens (primary N) is 1. The average Bonchev–Trinajstić information content (AvgIpc) is 3.43. The van der Waals surface area contributed by atoms with Crippen LogP contribution in [0.2, 0.25) is 0 Å². The summed E-state index contributed by atoms with van der Waals surface area (Å²) in [6.07, 6.45) is 3.48. The molecule has 2 aromatic rings. The first-order chi connectivity index (χ1) is 17.3. The summed E-state index contributed by atoms with van der Waals surface area (Å²) in [6.45, 7) is -0.550. The second-order valence-electron chi connectivity index (χ2n) is 8.40. The highest BCUT2D eigenvalue weighted by Crippen LogP contribution is 2.35. The number of esters is 1. The Bertz CT molecular complexity index is 1100. The van der Waals surface area contributed by atoms with Crippen LogP contribution in [0.5, 0.6) is 11.5 Å². The Morgan fingerprint density at radius 2 is 1.64 bits per heavy atom. The molecule has 192 valence electrons. The van der Waals surface area contributed by atoms with Crippen LogP contribution in [-0.2, 0) is 19.1 Å². The van der Waals surface area contributed by atoms with Crippen molar-refractivity contribution in [2.75, 3.05) is 37.6 Å². The maximum atomic E-state index is 13.1. The monoisotopic (exact) mass is 497 g/mol. The fraction of sp³-hybridized carbons (Fsp3) is 0.385. The second kappa shape index (κ2) is 12.6. The summed E-state index contributed by atoms with van der Waals surface area (Å²) in [5.74, 6) is -1.65. The zero-order valence-electron chi connectivity index (χ0n) is 20.5. The number of carbonyl (C=O) groups excluding carboxylic acids is 4. The van der Waals surface area contributed by atoms with Gasteiger partial charge in [0.05, 0.1) is 25.5 Å². The van der Waals surface area contributed by atoms with Crippen molar-refractivity contribution in [3.63, 3.8) is 0 Å². The lowest BCUT2D eigenvalue weighted by Crippen LogP contribution is -2.37. The number of benzene rings is 2. The van der Waals surface area contributed by atoms with Gasteiger partial charge < -0.3 is 30.2 Å². The van der Waals surface area contributed by atoms with Crippen molar-refractivity contribution in [3.8, 4) is 11.5 Å². The van der Waals surface area contributed by atoms with E-state index < -0.39 is 24.4 Å². The number of rotatable bonds is 11. The molecule has 10 heteroatoms. The summed E-state index contributed by atoms with van der Waals surface area (Å²) in [5.41, 5.74) is 6.02. The Kier molecular flexibility index (Phi) is 9.26. The first kappa shape index (κ1) is 26.5. The van der Waals surface area contributed by atoms with E-state index in [4.69, 9.17) is 19.9 Å². The molecule has 1 aliphatic carbocycles. The van der Waals surface area contributed by atoms with Gasteiger partial charge in [0.2, 0.25) is 11.8 Å². The van der Waals surface area contributed by atoms with E-state index in [0.29, 0.717) is 11.4 Å². The highest BCUT2D eigenvalue weighted by atomic mass is 16.5. The molecule has 0 spiro atoms. The van der Waals surface area contributed by atoms with Crippen molar-refractivity contribution in [1.29, 1.82) is 0 Å². The molecule has 2 aromatic carbocycles. The summed E-state index contributed by atoms with van der Waals surface area (Å²) in [7, 11) is 2.87. The molecule has 0 radical (unpaired) electrons. The Morgan fingerprint density at radius 1 is 1.00 bits per heavy atom. The maximum Gasteiger partial charge on any atom is 0.340 e. The number of carbonyl (C=O) groups is 4. The standard InChI is InChI=1S/C26H31N3O7/c1-34-21-14-19(20(15-22(21)35-2)28-25(32)17-8-6-7-9-17)26(33)36-16-24(31)29(13-12-23(27)30)18-10-4-3-5-11-18/h3-5,10-11,14-15,17H,6-9,12-13,16H2,1-2H3,(H2,27,30)(H,28,32). The van der Waals surface area contributed by atoms with E-state index in [9.17, 15) is 19.2 Å². The molecule has 0 atom stereocenters. The first-order valence-electron chi connectivity index (χ1n) is 11.7. The molecule has 0 bridgehead atoms. The first-order valence-corrected chi connectivity index (χ1v) is 11.7. The van der Waals surface area contributed by atoms with Crippen LogP contribution >= 0.6 is 0 Å². The number of methoxy groups -OCH3 is 2. The van der Waals surface area contributed by atoms with Gasteiger partial charge in [-0.05, 0) is 25.0 Å². The molecule has 1 aliphatic rings. The molecule has 3 rings (SSSR count). The van der Waals surface area contributed by atoms with Crippen molar-refractivity contribution in [2.45, 2.75) is 32.1 Å². The van der Waals surface area contributed by atoms with Crippen molar-refractivity contribution in [2.24, 2.45) is 11.7 Å². The maximum absolute atomic E-state index is 13.1. The van der Waals surface area contributed by atoms with Gasteiger partial charge in [-0.1, -0.05) is 31.0 Å². The molecule has 0 aromatic heterocycles. The fourth-order valence-corrected chi connectivity index (χ4v) is 4.08. The van der Waals surface area contributed by atoms with Crippen LogP contribution in [0.3, 0.4) is 0 Å². The zero-order valence-corrected chi connectivity index (χ0v) is 20.5. The molecular formula is C26H31N3O7.